The Balaban J connectivity index is 2.05. The minimum atomic E-state index is -0.548. The normalized spacial score (nSPS) is 18.0. The summed E-state index contributed by atoms with van der Waals surface area (Å²) in [6.07, 6.45) is 0.820. The lowest BCUT2D eigenvalue weighted by Crippen LogP contribution is -2.31. The fraction of sp³-hybridized carbons (Fsp3) is 0.300. The minimum absolute atomic E-state index is 0.0554. The maximum atomic E-state index is 12.3. The maximum Gasteiger partial charge on any atom is 0.330 e. The Morgan fingerprint density at radius 3 is 2.12 bits per heavy atom. The van der Waals surface area contributed by atoms with Gasteiger partial charge in [0.1, 0.15) is 0 Å². The highest BCUT2D eigenvalue weighted by Gasteiger charge is 2.32. The second-order valence-corrected chi connectivity index (χ2v) is 5.80. The molecule has 1 unspecified atom stereocenters. The highest BCUT2D eigenvalue weighted by atomic mass is 16.5. The number of carbonyl (C=O) groups is 1. The first kappa shape index (κ1) is 16.4. The summed E-state index contributed by atoms with van der Waals surface area (Å²) < 4.78 is 10.4. The van der Waals surface area contributed by atoms with Crippen LogP contribution in [0.25, 0.3) is 0 Å². The molecular weight excluding hydrogens is 302 g/mol. The van der Waals surface area contributed by atoms with E-state index in [-0.39, 0.29) is 11.9 Å². The topological polar surface area (TPSA) is 47.9 Å². The van der Waals surface area contributed by atoms with Crippen LogP contribution in [0.3, 0.4) is 0 Å². The summed E-state index contributed by atoms with van der Waals surface area (Å²) in [5.41, 5.74) is 2.77. The molecular formula is C20H21NO3. The van der Waals surface area contributed by atoms with Crippen LogP contribution in [0.2, 0.25) is 0 Å². The van der Waals surface area contributed by atoms with Gasteiger partial charge in [-0.2, -0.15) is 0 Å². The van der Waals surface area contributed by atoms with E-state index in [0.29, 0.717) is 13.2 Å². The molecule has 0 bridgehead atoms. The summed E-state index contributed by atoms with van der Waals surface area (Å²) >= 11 is 0. The van der Waals surface area contributed by atoms with Gasteiger partial charge in [-0.1, -0.05) is 60.7 Å². The largest absolute Gasteiger partial charge is 0.467 e. The highest BCUT2D eigenvalue weighted by Crippen LogP contribution is 2.22. The fourth-order valence-corrected chi connectivity index (χ4v) is 2.92. The Bertz CT molecular complexity index is 650. The van der Waals surface area contributed by atoms with Crippen LogP contribution in [0.15, 0.2) is 65.7 Å². The number of methoxy groups -OCH3 is 1. The van der Waals surface area contributed by atoms with Crippen molar-refractivity contribution in [3.63, 3.8) is 0 Å². The lowest BCUT2D eigenvalue weighted by atomic mass is 9.97. The molecule has 4 nitrogen and oxygen atoms in total. The highest BCUT2D eigenvalue weighted by molar-refractivity contribution is 6.13. The van der Waals surface area contributed by atoms with Crippen LogP contribution in [-0.4, -0.2) is 38.0 Å². The zero-order chi connectivity index (χ0) is 16.8. The molecule has 3 rings (SSSR count). The van der Waals surface area contributed by atoms with E-state index in [1.165, 1.54) is 7.11 Å². The van der Waals surface area contributed by atoms with Gasteiger partial charge in [0.25, 0.3) is 0 Å². The SMILES string of the molecule is COC(=O)C(N=C(c1ccccc1)c1ccccc1)[C@@H]1CCOC1. The van der Waals surface area contributed by atoms with Crippen molar-refractivity contribution in [3.05, 3.63) is 71.8 Å². The van der Waals surface area contributed by atoms with Crippen molar-refractivity contribution in [2.75, 3.05) is 20.3 Å². The number of rotatable bonds is 5. The molecule has 2 atom stereocenters. The number of nitrogens with zero attached hydrogens (tertiary/aromatic N) is 1. The molecule has 0 radical (unpaired) electrons. The Hall–Kier alpha value is -2.46. The van der Waals surface area contributed by atoms with Crippen molar-refractivity contribution >= 4 is 11.7 Å². The van der Waals surface area contributed by atoms with Crippen LogP contribution in [0.4, 0.5) is 0 Å². The first-order chi connectivity index (χ1) is 11.8. The van der Waals surface area contributed by atoms with Gasteiger partial charge in [0.15, 0.2) is 6.04 Å². The van der Waals surface area contributed by atoms with Crippen LogP contribution < -0.4 is 0 Å². The average molecular weight is 323 g/mol. The number of carbonyl (C=O) groups excluding carboxylic acids is 1. The molecule has 0 saturated carbocycles. The van der Waals surface area contributed by atoms with E-state index in [0.717, 1.165) is 23.3 Å². The second kappa shape index (κ2) is 7.88. The Labute approximate surface area is 142 Å². The Kier molecular flexibility index (Phi) is 5.39. The summed E-state index contributed by atoms with van der Waals surface area (Å²) in [5, 5.41) is 0. The van der Waals surface area contributed by atoms with E-state index in [9.17, 15) is 4.79 Å². The van der Waals surface area contributed by atoms with E-state index in [4.69, 9.17) is 14.5 Å². The van der Waals surface area contributed by atoms with Crippen LogP contribution in [-0.2, 0) is 14.3 Å². The zero-order valence-electron chi connectivity index (χ0n) is 13.7. The molecule has 1 aliphatic rings. The number of hydrogen-bond donors (Lipinski definition) is 0. The van der Waals surface area contributed by atoms with E-state index < -0.39 is 6.04 Å². The lowest BCUT2D eigenvalue weighted by Gasteiger charge is -2.18. The molecule has 1 aliphatic heterocycles. The lowest BCUT2D eigenvalue weighted by molar-refractivity contribution is -0.143. The first-order valence-electron chi connectivity index (χ1n) is 8.14. The van der Waals surface area contributed by atoms with E-state index in [2.05, 4.69) is 0 Å². The van der Waals surface area contributed by atoms with E-state index >= 15 is 0 Å². The van der Waals surface area contributed by atoms with Gasteiger partial charge < -0.3 is 9.47 Å². The molecule has 1 heterocycles. The molecule has 0 spiro atoms. The quantitative estimate of drug-likeness (QED) is 0.627. The predicted octanol–water partition coefficient (Wildman–Crippen LogP) is 3.10. The van der Waals surface area contributed by atoms with Crippen molar-refractivity contribution in [2.45, 2.75) is 12.5 Å². The monoisotopic (exact) mass is 323 g/mol. The zero-order valence-corrected chi connectivity index (χ0v) is 13.7. The number of esters is 1. The number of hydrogen-bond acceptors (Lipinski definition) is 4. The number of benzene rings is 2. The molecule has 0 aromatic heterocycles. The third-order valence-corrected chi connectivity index (χ3v) is 4.22. The second-order valence-electron chi connectivity index (χ2n) is 5.80. The minimum Gasteiger partial charge on any atom is -0.467 e. The third-order valence-electron chi connectivity index (χ3n) is 4.22. The summed E-state index contributed by atoms with van der Waals surface area (Å²) in [5.74, 6) is -0.255. The standard InChI is InChI=1S/C20H21NO3/c1-23-20(22)19(17-12-13-24-14-17)21-18(15-8-4-2-5-9-15)16-10-6-3-7-11-16/h2-11,17,19H,12-14H2,1H3/t17-,19?/m1/s1. The van der Waals surface area contributed by atoms with Gasteiger partial charge in [0, 0.05) is 23.7 Å². The van der Waals surface area contributed by atoms with Gasteiger partial charge in [-0.15, -0.1) is 0 Å². The summed E-state index contributed by atoms with van der Waals surface area (Å²) in [6, 6.07) is 19.3. The Morgan fingerprint density at radius 2 is 1.67 bits per heavy atom. The number of ether oxygens (including phenoxy) is 2. The van der Waals surface area contributed by atoms with Crippen LogP contribution in [0, 0.1) is 5.92 Å². The molecule has 2 aromatic rings. The molecule has 0 N–H and O–H groups in total. The smallest absolute Gasteiger partial charge is 0.330 e. The maximum absolute atomic E-state index is 12.3. The van der Waals surface area contributed by atoms with Crippen molar-refractivity contribution < 1.29 is 14.3 Å². The average Bonchev–Trinajstić information content (AvgIpc) is 3.18. The Morgan fingerprint density at radius 1 is 1.08 bits per heavy atom. The molecule has 0 amide bonds. The molecule has 4 heteroatoms. The fourth-order valence-electron chi connectivity index (χ4n) is 2.92. The molecule has 0 aliphatic carbocycles. The molecule has 124 valence electrons. The van der Waals surface area contributed by atoms with Crippen LogP contribution >= 0.6 is 0 Å². The van der Waals surface area contributed by atoms with Crippen molar-refractivity contribution in [3.8, 4) is 0 Å². The first-order valence-corrected chi connectivity index (χ1v) is 8.14. The van der Waals surface area contributed by atoms with Gasteiger partial charge in [0.2, 0.25) is 0 Å². The molecule has 1 fully saturated rings. The van der Waals surface area contributed by atoms with Crippen molar-refractivity contribution in [1.29, 1.82) is 0 Å². The summed E-state index contributed by atoms with van der Waals surface area (Å²) in [7, 11) is 1.41. The van der Waals surface area contributed by atoms with Gasteiger partial charge in [-0.3, -0.25) is 4.99 Å². The summed E-state index contributed by atoms with van der Waals surface area (Å²) in [6.45, 7) is 1.21. The van der Waals surface area contributed by atoms with E-state index in [1.807, 2.05) is 60.7 Å². The van der Waals surface area contributed by atoms with Crippen LogP contribution in [0.5, 0.6) is 0 Å². The van der Waals surface area contributed by atoms with Gasteiger partial charge in [-0.25, -0.2) is 4.79 Å². The molecule has 1 saturated heterocycles. The predicted molar refractivity (Wildman–Crippen MR) is 93.3 cm³/mol. The third kappa shape index (κ3) is 3.71. The van der Waals surface area contributed by atoms with Gasteiger partial charge >= 0.3 is 5.97 Å². The van der Waals surface area contributed by atoms with E-state index in [1.54, 1.807) is 0 Å². The summed E-state index contributed by atoms with van der Waals surface area (Å²) in [4.78, 5) is 17.1. The van der Waals surface area contributed by atoms with Crippen molar-refractivity contribution in [2.24, 2.45) is 10.9 Å². The van der Waals surface area contributed by atoms with Gasteiger partial charge in [0.05, 0.1) is 19.4 Å². The number of aliphatic imine (C=N–C) groups is 1. The molecule has 2 aromatic carbocycles. The molecule has 24 heavy (non-hydrogen) atoms. The van der Waals surface area contributed by atoms with Gasteiger partial charge in [-0.05, 0) is 6.42 Å². The van der Waals surface area contributed by atoms with Crippen LogP contribution in [0.1, 0.15) is 17.5 Å². The van der Waals surface area contributed by atoms with Crippen molar-refractivity contribution in [1.82, 2.24) is 0 Å².